The summed E-state index contributed by atoms with van der Waals surface area (Å²) in [7, 11) is 0. The fourth-order valence-electron chi connectivity index (χ4n) is 10.5. The molecule has 8 N–H and O–H groups in total. The van der Waals surface area contributed by atoms with E-state index >= 15 is 10.2 Å². The van der Waals surface area contributed by atoms with Gasteiger partial charge in [-0.1, -0.05) is 24.3 Å². The second-order valence-corrected chi connectivity index (χ2v) is 14.7. The van der Waals surface area contributed by atoms with E-state index < -0.39 is 24.0 Å². The number of nitrogens with two attached hydrogens (primary N) is 4. The third-order valence-corrected chi connectivity index (χ3v) is 12.6. The highest BCUT2D eigenvalue weighted by molar-refractivity contribution is 6.24. The zero-order valence-electron chi connectivity index (χ0n) is 26.6. The van der Waals surface area contributed by atoms with E-state index in [1.807, 2.05) is 24.3 Å². The van der Waals surface area contributed by atoms with Crippen molar-refractivity contribution in [3.05, 3.63) is 81.9 Å². The van der Waals surface area contributed by atoms with E-state index in [2.05, 4.69) is 34.1 Å². The molecule has 1 fully saturated rings. The number of rotatable bonds is 2. The number of hydrogen-bond donors (Lipinski definition) is 4. The van der Waals surface area contributed by atoms with Crippen molar-refractivity contribution in [3.8, 4) is 0 Å². The molecule has 0 aromatic heterocycles. The average molecular weight is 633 g/mol. The first kappa shape index (κ1) is 27.1. The summed E-state index contributed by atoms with van der Waals surface area (Å²) in [6, 6.07) is 16.3. The minimum Gasteiger partial charge on any atom is -0.851 e. The minimum atomic E-state index is -1.23. The van der Waals surface area contributed by atoms with Gasteiger partial charge in [0.1, 0.15) is 0 Å². The molecule has 48 heavy (non-hydrogen) atoms. The van der Waals surface area contributed by atoms with Gasteiger partial charge in [-0.15, -0.1) is 12.2 Å². The Morgan fingerprint density at radius 1 is 0.417 bits per heavy atom. The normalized spacial score (nSPS) is 23.6. The van der Waals surface area contributed by atoms with Crippen LogP contribution in [0.3, 0.4) is 0 Å². The predicted octanol–water partition coefficient (Wildman–Crippen LogP) is 3.80. The summed E-state index contributed by atoms with van der Waals surface area (Å²) in [4.78, 5) is 4.89. The van der Waals surface area contributed by atoms with Crippen LogP contribution in [0.2, 0.25) is 0 Å². The van der Waals surface area contributed by atoms with Crippen molar-refractivity contribution in [1.82, 2.24) is 0 Å². The summed E-state index contributed by atoms with van der Waals surface area (Å²) in [6.45, 7) is 3.70. The molecule has 0 spiro atoms. The summed E-state index contributed by atoms with van der Waals surface area (Å²) in [5, 5.41) is 38.0. The number of benzene rings is 6. The first-order valence-electron chi connectivity index (χ1n) is 17.3. The highest BCUT2D eigenvalue weighted by Gasteiger charge is 2.45. The molecule has 8 nitrogen and oxygen atoms in total. The number of nitrogens with zero attached hydrogens (tertiary/aromatic N) is 2. The minimum absolute atomic E-state index is 0.592. The number of hydrogen-bond acceptors (Lipinski definition) is 8. The smallest absolute Gasteiger partial charge is 0.0533 e. The van der Waals surface area contributed by atoms with Gasteiger partial charge in [-0.05, 0) is 95.2 Å². The van der Waals surface area contributed by atoms with Crippen LogP contribution in [-0.2, 0) is 25.7 Å². The van der Waals surface area contributed by atoms with Crippen LogP contribution in [0, 0.1) is 0 Å². The van der Waals surface area contributed by atoms with Crippen LogP contribution in [0.4, 0.5) is 34.1 Å². The van der Waals surface area contributed by atoms with Crippen LogP contribution in [0.1, 0.15) is 45.2 Å². The molecule has 11 rings (SSSR count). The van der Waals surface area contributed by atoms with Gasteiger partial charge in [0.25, 0.3) is 0 Å². The van der Waals surface area contributed by atoms with E-state index in [4.69, 9.17) is 22.9 Å². The van der Waals surface area contributed by atoms with Gasteiger partial charge in [0.2, 0.25) is 0 Å². The Morgan fingerprint density at radius 2 is 0.688 bits per heavy atom. The zero-order chi connectivity index (χ0) is 32.3. The first-order valence-corrected chi connectivity index (χ1v) is 17.3. The summed E-state index contributed by atoms with van der Waals surface area (Å²) < 4.78 is 0. The highest BCUT2D eigenvalue weighted by atomic mass is 16.3. The summed E-state index contributed by atoms with van der Waals surface area (Å²) in [6.07, 6.45) is 1.11. The van der Waals surface area contributed by atoms with Crippen LogP contribution < -0.4 is 42.9 Å². The number of anilines is 6. The third-order valence-electron chi connectivity index (χ3n) is 12.6. The highest BCUT2D eigenvalue weighted by Crippen LogP contribution is 2.59. The summed E-state index contributed by atoms with van der Waals surface area (Å²) >= 11 is 0. The summed E-state index contributed by atoms with van der Waals surface area (Å²) in [5.74, 6) is -1.65. The van der Waals surface area contributed by atoms with Crippen molar-refractivity contribution >= 4 is 77.2 Å². The van der Waals surface area contributed by atoms with Gasteiger partial charge >= 0.3 is 0 Å². The van der Waals surface area contributed by atoms with Gasteiger partial charge < -0.3 is 42.9 Å². The quantitative estimate of drug-likeness (QED) is 0.166. The van der Waals surface area contributed by atoms with E-state index in [1.165, 1.54) is 22.3 Å². The van der Waals surface area contributed by atoms with Crippen molar-refractivity contribution in [3.63, 3.8) is 0 Å². The van der Waals surface area contributed by atoms with E-state index in [0.717, 1.165) is 117 Å². The molecule has 0 radical (unpaired) electrons. The summed E-state index contributed by atoms with van der Waals surface area (Å²) in [5.41, 5.74) is 38.4. The molecule has 4 aliphatic heterocycles. The maximum Gasteiger partial charge on any atom is 0.0533 e. The SMILES string of the molecule is Nc1ccc2c3c4c5c(ccc(N)c5c(C5C([O-])C(c6c7c(N)ccc8c7c7c9c(ccc(N)c69)CCN7CC8)C5[O-])c13)CCN4CC2. The van der Waals surface area contributed by atoms with Crippen molar-refractivity contribution in [2.24, 2.45) is 0 Å². The van der Waals surface area contributed by atoms with Crippen molar-refractivity contribution in [2.75, 3.05) is 58.9 Å². The molecule has 6 aromatic carbocycles. The molecule has 0 unspecified atom stereocenters. The van der Waals surface area contributed by atoms with Crippen LogP contribution >= 0.6 is 0 Å². The second-order valence-electron chi connectivity index (χ2n) is 14.7. The molecular weight excluding hydrogens is 596 g/mol. The molecule has 240 valence electrons. The van der Waals surface area contributed by atoms with Gasteiger partial charge in [-0.3, -0.25) is 0 Å². The molecule has 8 heteroatoms. The molecule has 0 atom stereocenters. The lowest BCUT2D eigenvalue weighted by Gasteiger charge is -2.63. The monoisotopic (exact) mass is 632 g/mol. The maximum atomic E-state index is 15.1. The van der Waals surface area contributed by atoms with Crippen molar-refractivity contribution in [2.45, 2.75) is 49.7 Å². The number of nitrogen functional groups attached to an aromatic ring is 4. The van der Waals surface area contributed by atoms with Gasteiger partial charge in [-0.25, -0.2) is 0 Å². The van der Waals surface area contributed by atoms with Crippen LogP contribution in [0.5, 0.6) is 0 Å². The molecule has 5 aliphatic rings. The van der Waals surface area contributed by atoms with Crippen molar-refractivity contribution in [1.29, 1.82) is 0 Å². The maximum absolute atomic E-state index is 15.1. The topological polar surface area (TPSA) is 157 Å². The molecule has 1 aliphatic carbocycles. The largest absolute Gasteiger partial charge is 0.851 e. The molecule has 0 amide bonds. The second kappa shape index (κ2) is 8.95. The van der Waals surface area contributed by atoms with E-state index in [-0.39, 0.29) is 0 Å². The molecular formula is C40H36N6O2-2. The Kier molecular flexibility index (Phi) is 5.05. The zero-order valence-corrected chi connectivity index (χ0v) is 26.6. The lowest BCUT2D eigenvalue weighted by Crippen LogP contribution is -2.63. The molecule has 4 heterocycles. The average Bonchev–Trinajstić information content (AvgIpc) is 3.09. The Hall–Kier alpha value is -4.92. The lowest BCUT2D eigenvalue weighted by molar-refractivity contribution is -0.535. The third kappa shape index (κ3) is 3.05. The van der Waals surface area contributed by atoms with E-state index in [0.29, 0.717) is 22.7 Å². The molecule has 1 saturated carbocycles. The van der Waals surface area contributed by atoms with Crippen molar-refractivity contribution < 1.29 is 10.2 Å². The molecule has 6 aromatic rings. The Balaban J connectivity index is 1.21. The fourth-order valence-corrected chi connectivity index (χ4v) is 10.5. The fraction of sp³-hybridized carbons (Fsp3) is 0.300. The molecule has 0 saturated heterocycles. The predicted molar refractivity (Wildman–Crippen MR) is 193 cm³/mol. The lowest BCUT2D eigenvalue weighted by atomic mass is 9.60. The molecule has 0 bridgehead atoms. The Morgan fingerprint density at radius 3 is 0.958 bits per heavy atom. The Labute approximate surface area is 277 Å². The van der Waals surface area contributed by atoms with Crippen LogP contribution in [-0.4, -0.2) is 38.4 Å². The van der Waals surface area contributed by atoms with Crippen LogP contribution in [0.15, 0.2) is 48.5 Å². The van der Waals surface area contributed by atoms with E-state index in [1.54, 1.807) is 0 Å². The van der Waals surface area contributed by atoms with Crippen LogP contribution in [0.25, 0.3) is 43.1 Å². The first-order chi connectivity index (χ1) is 23.3. The van der Waals surface area contributed by atoms with Gasteiger partial charge in [0, 0.05) is 92.0 Å². The van der Waals surface area contributed by atoms with Gasteiger partial charge in [-0.2, -0.15) is 0 Å². The van der Waals surface area contributed by atoms with Gasteiger partial charge in [0.15, 0.2) is 0 Å². The standard InChI is InChI=1S/C40H36N6O2/c41-21-5-1-17-9-13-45-14-10-18-2-6-22(42)30-26(18)37(45)25(17)29(21)33(30)35-39(47)36(40(35)48)34-31-23(43)7-3-19-11-15-46-16-12-20-4-8-24(44)32(34)28(20)38(46)27(19)31/h1-8,35-36,39-40H,9-16,41-44H2/q-2. The van der Waals surface area contributed by atoms with E-state index in [9.17, 15) is 0 Å². The Bertz CT molecular complexity index is 2160. The van der Waals surface area contributed by atoms with Gasteiger partial charge in [0.05, 0.1) is 11.4 Å².